The zero-order chi connectivity index (χ0) is 15.5. The van der Waals surface area contributed by atoms with Gasteiger partial charge in [-0.25, -0.2) is 0 Å². The van der Waals surface area contributed by atoms with E-state index in [-0.39, 0.29) is 6.04 Å². The van der Waals surface area contributed by atoms with Crippen LogP contribution in [0.15, 0.2) is 22.6 Å². The maximum absolute atomic E-state index is 6.32. The number of benzene rings is 1. The molecule has 2 aromatic rings. The molecule has 3 rings (SSSR count). The molecular weight excluding hydrogens is 302 g/mol. The summed E-state index contributed by atoms with van der Waals surface area (Å²) in [5, 5.41) is 11.8. The smallest absolute Gasteiger partial charge is 0.238 e. The van der Waals surface area contributed by atoms with Crippen molar-refractivity contribution in [3.8, 4) is 5.75 Å². The molecule has 1 heterocycles. The lowest BCUT2D eigenvalue weighted by Gasteiger charge is -2.16. The average molecular weight is 322 g/mol. The molecule has 118 valence electrons. The number of hydrogen-bond acceptors (Lipinski definition) is 5. The molecular formula is C16H20ClN3O2. The maximum Gasteiger partial charge on any atom is 0.238 e. The summed E-state index contributed by atoms with van der Waals surface area (Å²) in [4.78, 5) is 0. The van der Waals surface area contributed by atoms with E-state index < -0.39 is 0 Å². The molecule has 1 saturated carbocycles. The molecule has 0 spiro atoms. The number of nitrogens with zero attached hydrogens (tertiary/aromatic N) is 2. The molecule has 1 aliphatic carbocycles. The van der Waals surface area contributed by atoms with Gasteiger partial charge in [-0.05, 0) is 50.8 Å². The van der Waals surface area contributed by atoms with Gasteiger partial charge in [0.25, 0.3) is 0 Å². The quantitative estimate of drug-likeness (QED) is 0.877. The Hall–Kier alpha value is -1.75. The first-order valence-electron chi connectivity index (χ1n) is 7.64. The maximum atomic E-state index is 6.32. The van der Waals surface area contributed by atoms with Crippen molar-refractivity contribution in [3.63, 3.8) is 0 Å². The number of hydrogen-bond donors (Lipinski definition) is 1. The molecule has 0 amide bonds. The lowest BCUT2D eigenvalue weighted by Crippen LogP contribution is -2.11. The van der Waals surface area contributed by atoms with Gasteiger partial charge in [-0.2, -0.15) is 0 Å². The molecule has 0 unspecified atom stereocenters. The van der Waals surface area contributed by atoms with Crippen LogP contribution in [0, 0.1) is 6.92 Å². The molecule has 0 saturated heterocycles. The van der Waals surface area contributed by atoms with E-state index in [1.165, 1.54) is 12.8 Å². The van der Waals surface area contributed by atoms with Gasteiger partial charge in [-0.1, -0.05) is 11.6 Å². The molecule has 1 fully saturated rings. The third-order valence-corrected chi connectivity index (χ3v) is 4.12. The van der Waals surface area contributed by atoms with E-state index in [4.69, 9.17) is 20.8 Å². The Labute approximate surface area is 135 Å². The summed E-state index contributed by atoms with van der Waals surface area (Å²) in [6.45, 7) is 3.74. The van der Waals surface area contributed by atoms with Gasteiger partial charge in [-0.3, -0.25) is 0 Å². The molecule has 1 aromatic carbocycles. The summed E-state index contributed by atoms with van der Waals surface area (Å²) in [5.41, 5.74) is 0.895. The standard InChI is InChI=1S/C16H20ClN3O2/c1-10(16-20-19-11(2)21-16)18-12-7-8-15(14(17)9-12)22-13-5-3-4-6-13/h7-10,13,18H,3-6H2,1-2H3/t10-/m1/s1. The van der Waals surface area contributed by atoms with E-state index in [2.05, 4.69) is 15.5 Å². The number of aryl methyl sites for hydroxylation is 1. The van der Waals surface area contributed by atoms with E-state index in [0.717, 1.165) is 24.3 Å². The summed E-state index contributed by atoms with van der Waals surface area (Å²) in [7, 11) is 0. The van der Waals surface area contributed by atoms with Crippen LogP contribution < -0.4 is 10.1 Å². The van der Waals surface area contributed by atoms with E-state index in [1.54, 1.807) is 6.92 Å². The Kier molecular flexibility index (Phi) is 4.52. The molecule has 0 aliphatic heterocycles. The van der Waals surface area contributed by atoms with Crippen LogP contribution in [-0.4, -0.2) is 16.3 Å². The van der Waals surface area contributed by atoms with E-state index >= 15 is 0 Å². The Balaban J connectivity index is 1.66. The molecule has 1 aromatic heterocycles. The third kappa shape index (κ3) is 3.53. The second-order valence-corrected chi connectivity index (χ2v) is 6.10. The highest BCUT2D eigenvalue weighted by molar-refractivity contribution is 6.32. The van der Waals surface area contributed by atoms with Crippen LogP contribution >= 0.6 is 11.6 Å². The van der Waals surface area contributed by atoms with E-state index in [0.29, 0.717) is 22.9 Å². The van der Waals surface area contributed by atoms with Crippen molar-refractivity contribution in [1.29, 1.82) is 0 Å². The highest BCUT2D eigenvalue weighted by Crippen LogP contribution is 2.32. The van der Waals surface area contributed by atoms with Crippen LogP contribution in [0.25, 0.3) is 0 Å². The van der Waals surface area contributed by atoms with Crippen molar-refractivity contribution >= 4 is 17.3 Å². The van der Waals surface area contributed by atoms with Crippen LogP contribution in [0.4, 0.5) is 5.69 Å². The van der Waals surface area contributed by atoms with Crippen LogP contribution in [0.3, 0.4) is 0 Å². The van der Waals surface area contributed by atoms with E-state index in [1.807, 2.05) is 25.1 Å². The van der Waals surface area contributed by atoms with Crippen LogP contribution in [0.2, 0.25) is 5.02 Å². The third-order valence-electron chi connectivity index (χ3n) is 3.82. The second-order valence-electron chi connectivity index (χ2n) is 5.69. The molecule has 1 aliphatic rings. The Morgan fingerprint density at radius 1 is 1.32 bits per heavy atom. The van der Waals surface area contributed by atoms with Gasteiger partial charge < -0.3 is 14.5 Å². The van der Waals surface area contributed by atoms with Crippen molar-refractivity contribution in [3.05, 3.63) is 35.0 Å². The Bertz CT molecular complexity index is 638. The highest BCUT2D eigenvalue weighted by atomic mass is 35.5. The van der Waals surface area contributed by atoms with Gasteiger partial charge in [0.05, 0.1) is 11.1 Å². The second kappa shape index (κ2) is 6.57. The fraction of sp³-hybridized carbons (Fsp3) is 0.500. The van der Waals surface area contributed by atoms with Crippen molar-refractivity contribution in [2.45, 2.75) is 51.7 Å². The number of anilines is 1. The lowest BCUT2D eigenvalue weighted by atomic mass is 10.2. The predicted octanol–water partition coefficient (Wildman–Crippen LogP) is 4.53. The minimum Gasteiger partial charge on any atom is -0.489 e. The number of halogens is 1. The van der Waals surface area contributed by atoms with Crippen LogP contribution in [0.1, 0.15) is 50.4 Å². The van der Waals surface area contributed by atoms with Gasteiger partial charge in [0, 0.05) is 12.6 Å². The SMILES string of the molecule is Cc1nnc([C@@H](C)Nc2ccc(OC3CCCC3)c(Cl)c2)o1. The predicted molar refractivity (Wildman–Crippen MR) is 85.4 cm³/mol. The van der Waals surface area contributed by atoms with Gasteiger partial charge in [0.15, 0.2) is 0 Å². The summed E-state index contributed by atoms with van der Waals surface area (Å²) < 4.78 is 11.4. The molecule has 0 radical (unpaired) electrons. The number of rotatable bonds is 5. The first-order valence-corrected chi connectivity index (χ1v) is 8.02. The molecule has 1 N–H and O–H groups in total. The minimum atomic E-state index is -0.0844. The number of aromatic nitrogens is 2. The van der Waals surface area contributed by atoms with Crippen molar-refractivity contribution in [1.82, 2.24) is 10.2 Å². The molecule has 6 heteroatoms. The molecule has 22 heavy (non-hydrogen) atoms. The summed E-state index contributed by atoms with van der Waals surface area (Å²) in [5.74, 6) is 1.86. The lowest BCUT2D eigenvalue weighted by molar-refractivity contribution is 0.210. The zero-order valence-corrected chi connectivity index (χ0v) is 13.6. The largest absolute Gasteiger partial charge is 0.489 e. The first-order chi connectivity index (χ1) is 10.6. The molecule has 5 nitrogen and oxygen atoms in total. The van der Waals surface area contributed by atoms with Gasteiger partial charge >= 0.3 is 0 Å². The molecule has 1 atom stereocenters. The van der Waals surface area contributed by atoms with Gasteiger partial charge in [-0.15, -0.1) is 10.2 Å². The number of ether oxygens (including phenoxy) is 1. The van der Waals surface area contributed by atoms with Crippen LogP contribution in [0.5, 0.6) is 5.75 Å². The monoisotopic (exact) mass is 321 g/mol. The number of nitrogens with one attached hydrogen (secondary N) is 1. The minimum absolute atomic E-state index is 0.0844. The highest BCUT2D eigenvalue weighted by Gasteiger charge is 2.18. The van der Waals surface area contributed by atoms with Crippen molar-refractivity contribution in [2.75, 3.05) is 5.32 Å². The van der Waals surface area contributed by atoms with E-state index in [9.17, 15) is 0 Å². The van der Waals surface area contributed by atoms with Gasteiger partial charge in [0.2, 0.25) is 11.8 Å². The van der Waals surface area contributed by atoms with Crippen LogP contribution in [-0.2, 0) is 0 Å². The fourth-order valence-electron chi connectivity index (χ4n) is 2.67. The Morgan fingerprint density at radius 2 is 2.09 bits per heavy atom. The topological polar surface area (TPSA) is 60.2 Å². The summed E-state index contributed by atoms with van der Waals surface area (Å²) in [6, 6.07) is 5.65. The van der Waals surface area contributed by atoms with Crippen molar-refractivity contribution < 1.29 is 9.15 Å². The zero-order valence-electron chi connectivity index (χ0n) is 12.8. The summed E-state index contributed by atoms with van der Waals surface area (Å²) in [6.07, 6.45) is 5.01. The fourth-order valence-corrected chi connectivity index (χ4v) is 2.90. The average Bonchev–Trinajstić information content (AvgIpc) is 3.13. The van der Waals surface area contributed by atoms with Gasteiger partial charge in [0.1, 0.15) is 11.8 Å². The normalized spacial score (nSPS) is 16.7. The van der Waals surface area contributed by atoms with Crippen molar-refractivity contribution in [2.24, 2.45) is 0 Å². The Morgan fingerprint density at radius 3 is 2.73 bits per heavy atom. The first kappa shape index (κ1) is 15.2. The summed E-state index contributed by atoms with van der Waals surface area (Å²) >= 11 is 6.32. The molecule has 0 bridgehead atoms.